The first-order valence-corrected chi connectivity index (χ1v) is 8.92. The molecule has 2 rings (SSSR count). The third kappa shape index (κ3) is 4.70. The number of carbonyl (C=O) groups excluding carboxylic acids is 1. The molecule has 0 saturated carbocycles. The van der Waals surface area contributed by atoms with Crippen molar-refractivity contribution in [2.45, 2.75) is 51.3 Å². The van der Waals surface area contributed by atoms with Gasteiger partial charge in [-0.1, -0.05) is 44.4 Å². The van der Waals surface area contributed by atoms with Crippen LogP contribution in [0, 0.1) is 5.95 Å². The van der Waals surface area contributed by atoms with E-state index in [1.165, 1.54) is 18.2 Å². The number of nitrogens with zero attached hydrogens (tertiary/aromatic N) is 2. The van der Waals surface area contributed by atoms with Crippen molar-refractivity contribution in [1.29, 1.82) is 0 Å². The molecule has 2 N–H and O–H groups in total. The summed E-state index contributed by atoms with van der Waals surface area (Å²) in [5.41, 5.74) is -3.68. The molecule has 1 atom stereocenters. The standard InChI is InChI=1S/C19H23F4N3O2/c1-4-5-8-11-18(2,28)13-10-7-6-9-12(13)17(27)24-14-15(19(21,22)23)25-26(3)16(14)20/h6-7,9-10,28H,4-5,8,11H2,1-3H3,(H,24,27). The van der Waals surface area contributed by atoms with Crippen LogP contribution in [0.2, 0.25) is 0 Å². The number of unbranched alkanes of at least 4 members (excludes halogenated alkanes) is 2. The largest absolute Gasteiger partial charge is 0.437 e. The van der Waals surface area contributed by atoms with Gasteiger partial charge in [0.2, 0.25) is 5.95 Å². The van der Waals surface area contributed by atoms with Gasteiger partial charge in [-0.3, -0.25) is 4.79 Å². The van der Waals surface area contributed by atoms with Crippen LogP contribution in [-0.4, -0.2) is 20.8 Å². The van der Waals surface area contributed by atoms with E-state index in [0.29, 0.717) is 11.1 Å². The van der Waals surface area contributed by atoms with Gasteiger partial charge in [-0.05, 0) is 25.0 Å². The molecule has 1 heterocycles. The Balaban J connectivity index is 2.37. The van der Waals surface area contributed by atoms with Gasteiger partial charge in [-0.2, -0.15) is 22.7 Å². The van der Waals surface area contributed by atoms with Crippen molar-refractivity contribution < 1.29 is 27.5 Å². The van der Waals surface area contributed by atoms with Crippen LogP contribution in [0.5, 0.6) is 0 Å². The smallest absolute Gasteiger partial charge is 0.385 e. The first kappa shape index (κ1) is 21.9. The second-order valence-corrected chi connectivity index (χ2v) is 6.87. The molecule has 9 heteroatoms. The Morgan fingerprint density at radius 1 is 1.25 bits per heavy atom. The molecule has 0 aliphatic carbocycles. The average molecular weight is 401 g/mol. The quantitative estimate of drug-likeness (QED) is 0.526. The van der Waals surface area contributed by atoms with Crippen molar-refractivity contribution in [3.63, 3.8) is 0 Å². The van der Waals surface area contributed by atoms with Crippen LogP contribution in [0.4, 0.5) is 23.2 Å². The number of aliphatic hydroxyl groups is 1. The van der Waals surface area contributed by atoms with Gasteiger partial charge in [0.15, 0.2) is 5.69 Å². The highest BCUT2D eigenvalue weighted by Crippen LogP contribution is 2.36. The fraction of sp³-hybridized carbons (Fsp3) is 0.474. The molecule has 2 aromatic rings. The summed E-state index contributed by atoms with van der Waals surface area (Å²) >= 11 is 0. The fourth-order valence-electron chi connectivity index (χ4n) is 3.00. The molecular weight excluding hydrogens is 378 g/mol. The second-order valence-electron chi connectivity index (χ2n) is 6.87. The number of halogens is 4. The van der Waals surface area contributed by atoms with Gasteiger partial charge >= 0.3 is 6.18 Å². The van der Waals surface area contributed by atoms with Gasteiger partial charge in [-0.15, -0.1) is 0 Å². The minimum absolute atomic E-state index is 0.0274. The van der Waals surface area contributed by atoms with Crippen LogP contribution in [0.3, 0.4) is 0 Å². The Morgan fingerprint density at radius 3 is 2.50 bits per heavy atom. The number of hydrogen-bond acceptors (Lipinski definition) is 3. The summed E-state index contributed by atoms with van der Waals surface area (Å²) in [7, 11) is 1.01. The van der Waals surface area contributed by atoms with E-state index in [9.17, 15) is 27.5 Å². The first-order valence-electron chi connectivity index (χ1n) is 8.92. The van der Waals surface area contributed by atoms with E-state index in [1.54, 1.807) is 13.0 Å². The van der Waals surface area contributed by atoms with E-state index < -0.39 is 35.0 Å². The highest BCUT2D eigenvalue weighted by molar-refractivity contribution is 6.05. The summed E-state index contributed by atoms with van der Waals surface area (Å²) in [4.78, 5) is 12.7. The topological polar surface area (TPSA) is 67.2 Å². The lowest BCUT2D eigenvalue weighted by molar-refractivity contribution is -0.140. The van der Waals surface area contributed by atoms with Crippen LogP contribution < -0.4 is 5.32 Å². The molecule has 0 bridgehead atoms. The summed E-state index contributed by atoms with van der Waals surface area (Å²) in [6.07, 6.45) is -2.01. The van der Waals surface area contributed by atoms with E-state index in [4.69, 9.17) is 0 Å². The van der Waals surface area contributed by atoms with Crippen LogP contribution in [0.1, 0.15) is 61.1 Å². The lowest BCUT2D eigenvalue weighted by atomic mass is 9.86. The molecule has 0 aliphatic rings. The third-order valence-electron chi connectivity index (χ3n) is 4.50. The van der Waals surface area contributed by atoms with Crippen molar-refractivity contribution in [3.05, 3.63) is 47.0 Å². The molecule has 0 saturated heterocycles. The molecule has 0 spiro atoms. The predicted octanol–water partition coefficient (Wildman–Crippen LogP) is 4.62. The molecular formula is C19H23F4N3O2. The number of amides is 1. The molecule has 1 unspecified atom stereocenters. The maximum atomic E-state index is 14.1. The van der Waals surface area contributed by atoms with E-state index in [0.717, 1.165) is 26.3 Å². The van der Waals surface area contributed by atoms with Gasteiger partial charge in [0.1, 0.15) is 5.69 Å². The van der Waals surface area contributed by atoms with Crippen molar-refractivity contribution in [2.75, 3.05) is 5.32 Å². The zero-order chi connectivity index (χ0) is 21.1. The van der Waals surface area contributed by atoms with Crippen LogP contribution in [0.25, 0.3) is 0 Å². The fourth-order valence-corrected chi connectivity index (χ4v) is 3.00. The number of rotatable bonds is 7. The predicted molar refractivity (Wildman–Crippen MR) is 96.3 cm³/mol. The van der Waals surface area contributed by atoms with E-state index >= 15 is 0 Å². The zero-order valence-corrected chi connectivity index (χ0v) is 15.9. The van der Waals surface area contributed by atoms with Crippen molar-refractivity contribution in [2.24, 2.45) is 7.05 Å². The normalized spacial score (nSPS) is 14.0. The minimum atomic E-state index is -4.93. The summed E-state index contributed by atoms with van der Waals surface area (Å²) in [5.74, 6) is -2.27. The highest BCUT2D eigenvalue weighted by atomic mass is 19.4. The Bertz CT molecular complexity index is 844. The molecule has 28 heavy (non-hydrogen) atoms. The Labute approximate surface area is 160 Å². The number of aryl methyl sites for hydroxylation is 1. The molecule has 5 nitrogen and oxygen atoms in total. The third-order valence-corrected chi connectivity index (χ3v) is 4.50. The summed E-state index contributed by atoms with van der Waals surface area (Å²) in [5, 5.41) is 15.9. The maximum absolute atomic E-state index is 14.1. The second kappa shape index (κ2) is 8.30. The number of nitrogens with one attached hydrogen (secondary N) is 1. The van der Waals surface area contributed by atoms with E-state index in [2.05, 4.69) is 5.10 Å². The molecule has 0 fully saturated rings. The van der Waals surface area contributed by atoms with Crippen LogP contribution in [0.15, 0.2) is 24.3 Å². The lowest BCUT2D eigenvalue weighted by Gasteiger charge is -2.26. The minimum Gasteiger partial charge on any atom is -0.385 e. The van der Waals surface area contributed by atoms with Crippen molar-refractivity contribution >= 4 is 11.6 Å². The summed E-state index contributed by atoms with van der Waals surface area (Å²) in [6.45, 7) is 3.55. The number of benzene rings is 1. The number of aromatic nitrogens is 2. The molecule has 1 amide bonds. The number of anilines is 1. The van der Waals surface area contributed by atoms with Gasteiger partial charge < -0.3 is 10.4 Å². The van der Waals surface area contributed by atoms with Gasteiger partial charge in [0.05, 0.1) is 5.60 Å². The number of alkyl halides is 3. The number of hydrogen-bond donors (Lipinski definition) is 2. The molecule has 0 radical (unpaired) electrons. The Morgan fingerprint density at radius 2 is 1.89 bits per heavy atom. The van der Waals surface area contributed by atoms with Crippen molar-refractivity contribution in [1.82, 2.24) is 9.78 Å². The Kier molecular flexibility index (Phi) is 6.48. The van der Waals surface area contributed by atoms with Crippen molar-refractivity contribution in [3.8, 4) is 0 Å². The summed E-state index contributed by atoms with van der Waals surface area (Å²) < 4.78 is 53.8. The van der Waals surface area contributed by atoms with Gasteiger partial charge in [-0.25, -0.2) is 4.68 Å². The number of carbonyl (C=O) groups is 1. The lowest BCUT2D eigenvalue weighted by Crippen LogP contribution is -2.26. The van der Waals surface area contributed by atoms with Gasteiger partial charge in [0, 0.05) is 12.6 Å². The summed E-state index contributed by atoms with van der Waals surface area (Å²) in [6, 6.07) is 6.04. The van der Waals surface area contributed by atoms with E-state index in [1.807, 2.05) is 12.2 Å². The first-order chi connectivity index (χ1) is 13.0. The monoisotopic (exact) mass is 401 g/mol. The van der Waals surface area contributed by atoms with Crippen LogP contribution in [-0.2, 0) is 18.8 Å². The molecule has 0 aliphatic heterocycles. The average Bonchev–Trinajstić information content (AvgIpc) is 2.90. The molecule has 154 valence electrons. The van der Waals surface area contributed by atoms with Gasteiger partial charge in [0.25, 0.3) is 5.91 Å². The zero-order valence-electron chi connectivity index (χ0n) is 15.9. The SMILES string of the molecule is CCCCCC(C)(O)c1ccccc1C(=O)Nc1c(C(F)(F)F)nn(C)c1F. The molecule has 1 aromatic heterocycles. The molecule has 1 aromatic carbocycles. The van der Waals surface area contributed by atoms with Crippen LogP contribution >= 0.6 is 0 Å². The highest BCUT2D eigenvalue weighted by Gasteiger charge is 2.40. The van der Waals surface area contributed by atoms with E-state index in [-0.39, 0.29) is 11.1 Å². The Hall–Kier alpha value is -2.42. The maximum Gasteiger partial charge on any atom is 0.437 e.